The molecule has 0 bridgehead atoms. The molecule has 0 aromatic heterocycles. The summed E-state index contributed by atoms with van der Waals surface area (Å²) in [7, 11) is 1.43. The summed E-state index contributed by atoms with van der Waals surface area (Å²) in [5, 5.41) is 21.7. The first kappa shape index (κ1) is 22.3. The predicted molar refractivity (Wildman–Crippen MR) is 128 cm³/mol. The molecule has 5 N–H and O–H groups in total. The molecule has 1 aliphatic rings. The van der Waals surface area contributed by atoms with Crippen LogP contribution in [0.1, 0.15) is 38.2 Å². The molecule has 0 spiro atoms. The number of rotatable bonds is 6. The number of hydrogen-bond donors (Lipinski definition) is 4. The summed E-state index contributed by atoms with van der Waals surface area (Å²) in [6.45, 7) is -0.661. The Morgan fingerprint density at radius 2 is 1.91 bits per heavy atom. The number of nitrogens with zero attached hydrogens (tertiary/aromatic N) is 1. The van der Waals surface area contributed by atoms with Crippen LogP contribution in [0.4, 0.5) is 5.69 Å². The van der Waals surface area contributed by atoms with Gasteiger partial charge in [0.05, 0.1) is 26.0 Å². The van der Waals surface area contributed by atoms with E-state index in [2.05, 4.69) is 28.5 Å². The molecule has 3 aromatic rings. The van der Waals surface area contributed by atoms with Gasteiger partial charge in [0.15, 0.2) is 0 Å². The minimum atomic E-state index is -0.501. The van der Waals surface area contributed by atoms with Gasteiger partial charge in [0.2, 0.25) is 5.96 Å². The van der Waals surface area contributed by atoms with E-state index in [0.717, 1.165) is 12.0 Å². The first-order valence-corrected chi connectivity index (χ1v) is 10.5. The SMILES string of the molecule is COc1cc(C(=O)NC(N)=Nc2cccc(C3=Cc4ccccc4C3)c2)cc(CO)c1CO. The van der Waals surface area contributed by atoms with Crippen LogP contribution in [0.25, 0.3) is 11.6 Å². The number of guanidine groups is 1. The van der Waals surface area contributed by atoms with Crippen molar-refractivity contribution in [3.05, 3.63) is 94.0 Å². The van der Waals surface area contributed by atoms with Gasteiger partial charge in [-0.15, -0.1) is 0 Å². The third-order valence-corrected chi connectivity index (χ3v) is 5.59. The van der Waals surface area contributed by atoms with Gasteiger partial charge in [0.25, 0.3) is 5.91 Å². The quantitative estimate of drug-likeness (QED) is 0.345. The van der Waals surface area contributed by atoms with Crippen molar-refractivity contribution in [3.63, 3.8) is 0 Å². The van der Waals surface area contributed by atoms with Crippen molar-refractivity contribution < 1.29 is 19.7 Å². The van der Waals surface area contributed by atoms with Gasteiger partial charge < -0.3 is 20.7 Å². The lowest BCUT2D eigenvalue weighted by atomic mass is 10.0. The van der Waals surface area contributed by atoms with E-state index in [1.165, 1.54) is 35.9 Å². The van der Waals surface area contributed by atoms with Gasteiger partial charge in [-0.05, 0) is 58.5 Å². The molecule has 0 radical (unpaired) electrons. The number of carbonyl (C=O) groups excluding carboxylic acids is 1. The van der Waals surface area contributed by atoms with Crippen LogP contribution in [0.2, 0.25) is 0 Å². The third kappa shape index (κ3) is 4.79. The summed E-state index contributed by atoms with van der Waals surface area (Å²) in [5.41, 5.74) is 12.4. The van der Waals surface area contributed by atoms with Crippen molar-refractivity contribution in [3.8, 4) is 5.75 Å². The maximum atomic E-state index is 12.7. The summed E-state index contributed by atoms with van der Waals surface area (Å²) in [5.74, 6) is -0.251. The van der Waals surface area contributed by atoms with E-state index in [1.807, 2.05) is 36.4 Å². The molecule has 33 heavy (non-hydrogen) atoms. The number of hydrogen-bond acceptors (Lipinski definition) is 5. The number of fused-ring (bicyclic) bond motifs is 1. The fourth-order valence-corrected chi connectivity index (χ4v) is 3.93. The summed E-state index contributed by atoms with van der Waals surface area (Å²) in [4.78, 5) is 17.0. The molecule has 0 fully saturated rings. The van der Waals surface area contributed by atoms with E-state index >= 15 is 0 Å². The van der Waals surface area contributed by atoms with Crippen LogP contribution in [0, 0.1) is 0 Å². The molecular formula is C26H25N3O4. The largest absolute Gasteiger partial charge is 0.496 e. The number of allylic oxidation sites excluding steroid dienone is 1. The minimum Gasteiger partial charge on any atom is -0.496 e. The highest BCUT2D eigenvalue weighted by Gasteiger charge is 2.16. The first-order valence-electron chi connectivity index (χ1n) is 10.5. The summed E-state index contributed by atoms with van der Waals surface area (Å²) < 4.78 is 5.24. The number of benzene rings is 3. The Morgan fingerprint density at radius 1 is 1.09 bits per heavy atom. The number of methoxy groups -OCH3 is 1. The van der Waals surface area contributed by atoms with Crippen molar-refractivity contribution in [2.45, 2.75) is 19.6 Å². The van der Waals surface area contributed by atoms with E-state index in [9.17, 15) is 15.0 Å². The van der Waals surface area contributed by atoms with E-state index in [1.54, 1.807) is 0 Å². The molecule has 0 saturated heterocycles. The number of amides is 1. The Labute approximate surface area is 191 Å². The van der Waals surface area contributed by atoms with E-state index in [4.69, 9.17) is 10.5 Å². The van der Waals surface area contributed by atoms with Crippen molar-refractivity contribution in [1.82, 2.24) is 5.32 Å². The Hall–Kier alpha value is -3.94. The number of aliphatic imine (C=N–C) groups is 1. The Bertz CT molecular complexity index is 1240. The van der Waals surface area contributed by atoms with Crippen LogP contribution in [0.5, 0.6) is 5.75 Å². The highest BCUT2D eigenvalue weighted by Crippen LogP contribution is 2.32. The van der Waals surface area contributed by atoms with Gasteiger partial charge in [-0.2, -0.15) is 0 Å². The van der Waals surface area contributed by atoms with Crippen molar-refractivity contribution in [1.29, 1.82) is 0 Å². The van der Waals surface area contributed by atoms with Crippen molar-refractivity contribution in [2.75, 3.05) is 7.11 Å². The van der Waals surface area contributed by atoms with Crippen molar-refractivity contribution >= 4 is 29.2 Å². The average molecular weight is 444 g/mol. The average Bonchev–Trinajstić information content (AvgIpc) is 3.27. The highest BCUT2D eigenvalue weighted by molar-refractivity contribution is 6.06. The summed E-state index contributed by atoms with van der Waals surface area (Å²) >= 11 is 0. The second-order valence-electron chi connectivity index (χ2n) is 7.68. The molecule has 0 unspecified atom stereocenters. The van der Waals surface area contributed by atoms with Crippen LogP contribution < -0.4 is 15.8 Å². The maximum Gasteiger partial charge on any atom is 0.258 e. The number of carbonyl (C=O) groups is 1. The molecule has 1 aliphatic carbocycles. The number of aliphatic hydroxyl groups excluding tert-OH is 2. The van der Waals surface area contributed by atoms with Gasteiger partial charge in [-0.3, -0.25) is 10.1 Å². The fourth-order valence-electron chi connectivity index (χ4n) is 3.93. The number of aliphatic hydroxyl groups is 2. The lowest BCUT2D eigenvalue weighted by Gasteiger charge is -2.13. The summed E-state index contributed by atoms with van der Waals surface area (Å²) in [6, 6.07) is 18.9. The zero-order valence-corrected chi connectivity index (χ0v) is 18.2. The normalized spacial score (nSPS) is 12.8. The number of nitrogens with two attached hydrogens (primary N) is 1. The van der Waals surface area contributed by atoms with Gasteiger partial charge in [-0.1, -0.05) is 42.5 Å². The molecule has 168 valence electrons. The van der Waals surface area contributed by atoms with Gasteiger partial charge in [0.1, 0.15) is 5.75 Å². The van der Waals surface area contributed by atoms with Gasteiger partial charge in [0, 0.05) is 11.1 Å². The standard InChI is InChI=1S/C26H25N3O4/c1-33-24-13-20(11-21(14-30)23(24)15-31)25(32)29-26(27)28-22-8-4-7-18(12-22)19-9-16-5-2-3-6-17(16)10-19/h2-9,11-13,30-31H,10,14-15H2,1H3,(H3,27,28,29,32). The molecule has 0 saturated carbocycles. The lowest BCUT2D eigenvalue weighted by molar-refractivity contribution is 0.0976. The number of nitrogens with one attached hydrogen (secondary N) is 1. The number of ether oxygens (including phenoxy) is 1. The van der Waals surface area contributed by atoms with Crippen LogP contribution in [0.3, 0.4) is 0 Å². The molecule has 7 nitrogen and oxygen atoms in total. The van der Waals surface area contributed by atoms with Crippen molar-refractivity contribution in [2.24, 2.45) is 10.7 Å². The zero-order chi connectivity index (χ0) is 23.4. The molecule has 3 aromatic carbocycles. The molecule has 0 atom stereocenters. The zero-order valence-electron chi connectivity index (χ0n) is 18.2. The van der Waals surface area contributed by atoms with Crippen LogP contribution in [-0.4, -0.2) is 29.2 Å². The Kier molecular flexibility index (Phi) is 6.53. The predicted octanol–water partition coefficient (Wildman–Crippen LogP) is 3.15. The maximum absolute atomic E-state index is 12.7. The molecule has 7 heteroatoms. The van der Waals surface area contributed by atoms with Gasteiger partial charge >= 0.3 is 0 Å². The fraction of sp³-hybridized carbons (Fsp3) is 0.154. The van der Waals surface area contributed by atoms with Crippen LogP contribution in [0.15, 0.2) is 65.7 Å². The van der Waals surface area contributed by atoms with Crippen LogP contribution in [-0.2, 0) is 19.6 Å². The van der Waals surface area contributed by atoms with E-state index in [-0.39, 0.29) is 24.7 Å². The topological polar surface area (TPSA) is 117 Å². The Morgan fingerprint density at radius 3 is 2.64 bits per heavy atom. The molecular weight excluding hydrogens is 418 g/mol. The lowest BCUT2D eigenvalue weighted by Crippen LogP contribution is -2.36. The minimum absolute atomic E-state index is 0.0587. The Balaban J connectivity index is 1.52. The third-order valence-electron chi connectivity index (χ3n) is 5.59. The second kappa shape index (κ2) is 9.68. The molecule has 4 rings (SSSR count). The highest BCUT2D eigenvalue weighted by atomic mass is 16.5. The van der Waals surface area contributed by atoms with E-state index < -0.39 is 5.91 Å². The van der Waals surface area contributed by atoms with Crippen LogP contribution >= 0.6 is 0 Å². The van der Waals surface area contributed by atoms with Gasteiger partial charge in [-0.25, -0.2) is 4.99 Å². The molecule has 0 aliphatic heterocycles. The molecule has 0 heterocycles. The first-order chi connectivity index (χ1) is 16.0. The molecule has 1 amide bonds. The smallest absolute Gasteiger partial charge is 0.258 e. The van der Waals surface area contributed by atoms with E-state index in [0.29, 0.717) is 22.6 Å². The monoisotopic (exact) mass is 443 g/mol. The summed E-state index contributed by atoms with van der Waals surface area (Å²) in [6.07, 6.45) is 3.03. The second-order valence-corrected chi connectivity index (χ2v) is 7.68.